The van der Waals surface area contributed by atoms with Gasteiger partial charge in [0, 0.05) is 18.4 Å². The third kappa shape index (κ3) is 5.67. The number of amidine groups is 1. The highest BCUT2D eigenvalue weighted by Gasteiger charge is 2.63. The molecule has 0 spiro atoms. The summed E-state index contributed by atoms with van der Waals surface area (Å²) in [5.74, 6) is 1.38. The molecule has 1 aliphatic heterocycles. The molecule has 7 nitrogen and oxygen atoms in total. The summed E-state index contributed by atoms with van der Waals surface area (Å²) in [5, 5.41) is 0. The molecule has 2 aromatic carbocycles. The van der Waals surface area contributed by atoms with E-state index in [-0.39, 0.29) is 17.2 Å². The number of carbonyl (C=O) groups excluding carboxylic acids is 2. The number of carbonyl (C=O) groups is 2. The molecule has 0 bridgehead atoms. The lowest BCUT2D eigenvalue weighted by Gasteiger charge is -2.26. The van der Waals surface area contributed by atoms with Crippen molar-refractivity contribution >= 4 is 27.7 Å². The predicted molar refractivity (Wildman–Crippen MR) is 152 cm³/mol. The maximum Gasteiger partial charge on any atom is 0.264 e. The Morgan fingerprint density at radius 2 is 1.64 bits per heavy atom. The SMILES string of the molecule is CCCCCC(=O)NS(=O)(=O)c1ccccc1-c1ccc(CN2C(=O)C(C3CC3)(C3CC3)N=C2CCC)cc1. The minimum atomic E-state index is -4.01. The van der Waals surface area contributed by atoms with Crippen LogP contribution in [0.1, 0.15) is 83.6 Å². The first-order chi connectivity index (χ1) is 18.8. The van der Waals surface area contributed by atoms with Crippen molar-refractivity contribution in [3.63, 3.8) is 0 Å². The average molecular weight is 550 g/mol. The molecule has 0 saturated heterocycles. The van der Waals surface area contributed by atoms with Gasteiger partial charge >= 0.3 is 0 Å². The highest BCUT2D eigenvalue weighted by atomic mass is 32.2. The second-order valence-electron chi connectivity index (χ2n) is 11.2. The van der Waals surface area contributed by atoms with Gasteiger partial charge in [0.2, 0.25) is 5.91 Å². The van der Waals surface area contributed by atoms with E-state index in [4.69, 9.17) is 4.99 Å². The summed E-state index contributed by atoms with van der Waals surface area (Å²) in [7, 11) is -4.01. The van der Waals surface area contributed by atoms with Gasteiger partial charge in [-0.25, -0.2) is 13.1 Å². The Labute approximate surface area is 232 Å². The van der Waals surface area contributed by atoms with Crippen LogP contribution in [0.25, 0.3) is 11.1 Å². The number of hydrogen-bond donors (Lipinski definition) is 1. The normalized spacial score (nSPS) is 18.8. The molecule has 0 unspecified atom stereocenters. The second-order valence-corrected chi connectivity index (χ2v) is 12.9. The Balaban J connectivity index is 1.34. The van der Waals surface area contributed by atoms with Crippen LogP contribution in [0.4, 0.5) is 0 Å². The Morgan fingerprint density at radius 1 is 0.974 bits per heavy atom. The molecule has 2 aliphatic carbocycles. The number of unbranched alkanes of at least 4 members (excludes halogenated alkanes) is 2. The van der Waals surface area contributed by atoms with Crippen LogP contribution in [0, 0.1) is 11.8 Å². The van der Waals surface area contributed by atoms with Crippen molar-refractivity contribution < 1.29 is 18.0 Å². The largest absolute Gasteiger partial charge is 0.294 e. The first-order valence-corrected chi connectivity index (χ1v) is 15.9. The van der Waals surface area contributed by atoms with Crippen LogP contribution in [-0.4, -0.2) is 36.5 Å². The smallest absolute Gasteiger partial charge is 0.264 e. The maximum absolute atomic E-state index is 13.8. The van der Waals surface area contributed by atoms with Crippen LogP contribution in [0.15, 0.2) is 58.4 Å². The van der Waals surface area contributed by atoms with Gasteiger partial charge in [0.25, 0.3) is 15.9 Å². The number of nitrogens with one attached hydrogen (secondary N) is 1. The zero-order valence-corrected chi connectivity index (χ0v) is 23.8. The van der Waals surface area contributed by atoms with Crippen molar-refractivity contribution in [2.24, 2.45) is 16.8 Å². The third-order valence-corrected chi connectivity index (χ3v) is 9.56. The lowest BCUT2D eigenvalue weighted by atomic mass is 9.87. The van der Waals surface area contributed by atoms with Crippen LogP contribution >= 0.6 is 0 Å². The minimum Gasteiger partial charge on any atom is -0.294 e. The molecule has 2 amide bonds. The Bertz CT molecular complexity index is 1350. The van der Waals surface area contributed by atoms with Crippen molar-refractivity contribution in [3.05, 3.63) is 54.1 Å². The van der Waals surface area contributed by atoms with Crippen LogP contribution in [0.3, 0.4) is 0 Å². The van der Waals surface area contributed by atoms with Crippen molar-refractivity contribution in [2.75, 3.05) is 0 Å². The van der Waals surface area contributed by atoms with E-state index < -0.39 is 21.5 Å². The Morgan fingerprint density at radius 3 is 2.26 bits per heavy atom. The molecule has 2 saturated carbocycles. The third-order valence-electron chi connectivity index (χ3n) is 8.12. The molecule has 2 fully saturated rings. The minimum absolute atomic E-state index is 0.0762. The fraction of sp³-hybridized carbons (Fsp3) is 0.516. The van der Waals surface area contributed by atoms with Gasteiger partial charge in [-0.1, -0.05) is 69.2 Å². The van der Waals surface area contributed by atoms with Gasteiger partial charge in [-0.05, 0) is 67.6 Å². The Hall–Kier alpha value is -3.00. The quantitative estimate of drug-likeness (QED) is 0.318. The molecule has 1 heterocycles. The highest BCUT2D eigenvalue weighted by Crippen LogP contribution is 2.57. The molecule has 208 valence electrons. The molecule has 2 aromatic rings. The lowest BCUT2D eigenvalue weighted by Crippen LogP contribution is -2.45. The molecule has 39 heavy (non-hydrogen) atoms. The molecule has 0 radical (unpaired) electrons. The number of aliphatic imine (C=N–C) groups is 1. The predicted octanol–water partition coefficient (Wildman–Crippen LogP) is 5.84. The van der Waals surface area contributed by atoms with Gasteiger partial charge in [0.15, 0.2) is 0 Å². The summed E-state index contributed by atoms with van der Waals surface area (Å²) in [6.07, 6.45) is 8.79. The molecule has 3 aliphatic rings. The van der Waals surface area contributed by atoms with Crippen LogP contribution in [0.2, 0.25) is 0 Å². The van der Waals surface area contributed by atoms with E-state index in [0.29, 0.717) is 30.4 Å². The number of nitrogens with zero attached hydrogens (tertiary/aromatic N) is 2. The molecule has 8 heteroatoms. The number of amides is 2. The zero-order valence-electron chi connectivity index (χ0n) is 23.0. The number of hydrogen-bond acceptors (Lipinski definition) is 5. The van der Waals surface area contributed by atoms with Crippen LogP contribution < -0.4 is 4.72 Å². The average Bonchev–Trinajstić information content (AvgIpc) is 3.85. The molecule has 0 atom stereocenters. The van der Waals surface area contributed by atoms with Crippen molar-refractivity contribution in [1.29, 1.82) is 0 Å². The van der Waals surface area contributed by atoms with Gasteiger partial charge in [0.1, 0.15) is 11.4 Å². The summed E-state index contributed by atoms with van der Waals surface area (Å²) in [6.45, 7) is 4.62. The molecule has 1 N–H and O–H groups in total. The van der Waals surface area contributed by atoms with E-state index in [0.717, 1.165) is 68.3 Å². The summed E-state index contributed by atoms with van der Waals surface area (Å²) < 4.78 is 28.4. The number of benzene rings is 2. The first kappa shape index (κ1) is 27.6. The van der Waals surface area contributed by atoms with Gasteiger partial charge in [0.05, 0.1) is 11.4 Å². The molecular formula is C31H39N3O4S. The van der Waals surface area contributed by atoms with Crippen molar-refractivity contribution in [3.8, 4) is 11.1 Å². The number of rotatable bonds is 13. The van der Waals surface area contributed by atoms with E-state index in [9.17, 15) is 18.0 Å². The van der Waals surface area contributed by atoms with E-state index in [1.54, 1.807) is 18.2 Å². The van der Waals surface area contributed by atoms with E-state index in [1.807, 2.05) is 36.1 Å². The van der Waals surface area contributed by atoms with Crippen LogP contribution in [0.5, 0.6) is 0 Å². The first-order valence-electron chi connectivity index (χ1n) is 14.4. The molecular weight excluding hydrogens is 510 g/mol. The van der Waals surface area contributed by atoms with Gasteiger partial charge in [-0.3, -0.25) is 19.5 Å². The fourth-order valence-electron chi connectivity index (χ4n) is 5.85. The zero-order chi connectivity index (χ0) is 27.6. The molecule has 0 aromatic heterocycles. The monoisotopic (exact) mass is 549 g/mol. The van der Waals surface area contributed by atoms with Crippen LogP contribution in [-0.2, 0) is 26.2 Å². The van der Waals surface area contributed by atoms with Gasteiger partial charge in [-0.15, -0.1) is 0 Å². The summed E-state index contributed by atoms with van der Waals surface area (Å²) in [6, 6.07) is 14.4. The number of sulfonamides is 1. The van der Waals surface area contributed by atoms with Gasteiger partial charge < -0.3 is 0 Å². The fourth-order valence-corrected chi connectivity index (χ4v) is 7.09. The second kappa shape index (κ2) is 11.2. The maximum atomic E-state index is 13.8. The Kier molecular flexibility index (Phi) is 7.94. The topological polar surface area (TPSA) is 95.9 Å². The van der Waals surface area contributed by atoms with E-state index in [1.165, 1.54) is 6.07 Å². The van der Waals surface area contributed by atoms with E-state index >= 15 is 0 Å². The van der Waals surface area contributed by atoms with Crippen molar-refractivity contribution in [1.82, 2.24) is 9.62 Å². The van der Waals surface area contributed by atoms with Gasteiger partial charge in [-0.2, -0.15) is 0 Å². The van der Waals surface area contributed by atoms with E-state index in [2.05, 4.69) is 11.6 Å². The summed E-state index contributed by atoms with van der Waals surface area (Å²) in [4.78, 5) is 33.2. The molecule has 5 rings (SSSR count). The lowest BCUT2D eigenvalue weighted by molar-refractivity contribution is -0.133. The highest BCUT2D eigenvalue weighted by molar-refractivity contribution is 7.90. The standard InChI is InChI=1S/C31H39N3O4S/c1-3-5-6-12-29(35)33-39(37,38)27-11-8-7-10-26(27)23-15-13-22(14-16-23)21-34-28(9-4-2)32-31(30(34)36,24-17-18-24)25-19-20-25/h7-8,10-11,13-16,24-25H,3-6,9,12,17-21H2,1-2H3,(H,33,35). The van der Waals surface area contributed by atoms with Crippen molar-refractivity contribution in [2.45, 2.75) is 95.0 Å². The summed E-state index contributed by atoms with van der Waals surface area (Å²) >= 11 is 0. The summed E-state index contributed by atoms with van der Waals surface area (Å²) in [5.41, 5.74) is 1.71.